The van der Waals surface area contributed by atoms with Gasteiger partial charge < -0.3 is 19.1 Å². The monoisotopic (exact) mass is 813 g/mol. The summed E-state index contributed by atoms with van der Waals surface area (Å²) in [6, 6.07) is 17.1. The minimum Gasteiger partial charge on any atom is -0.406 e. The number of aryl methyl sites for hydroxylation is 1. The summed E-state index contributed by atoms with van der Waals surface area (Å²) in [5.74, 6) is -1.64. The Labute approximate surface area is 341 Å². The van der Waals surface area contributed by atoms with Crippen LogP contribution in [0.25, 0.3) is 22.0 Å². The number of nitrogens with one attached hydrogen (secondary N) is 1. The van der Waals surface area contributed by atoms with E-state index in [9.17, 15) is 32.3 Å². The Hall–Kier alpha value is -5.25. The van der Waals surface area contributed by atoms with Gasteiger partial charge in [-0.25, -0.2) is 0 Å². The topological polar surface area (TPSA) is 111 Å². The van der Waals surface area contributed by atoms with Gasteiger partial charge in [0, 0.05) is 80.6 Å². The highest BCUT2D eigenvalue weighted by Gasteiger charge is 2.45. The molecule has 1 aromatic heterocycles. The van der Waals surface area contributed by atoms with E-state index in [1.807, 2.05) is 6.07 Å². The van der Waals surface area contributed by atoms with Gasteiger partial charge in [0.15, 0.2) is 0 Å². The molecule has 3 aromatic carbocycles. The van der Waals surface area contributed by atoms with Crippen LogP contribution in [0.2, 0.25) is 0 Å². The van der Waals surface area contributed by atoms with E-state index < -0.39 is 36.0 Å². The molecule has 0 aliphatic carbocycles. The first-order valence-electron chi connectivity index (χ1n) is 20.5. The summed E-state index contributed by atoms with van der Waals surface area (Å²) in [6.45, 7) is 9.00. The van der Waals surface area contributed by atoms with Gasteiger partial charge in [0.25, 0.3) is 11.8 Å². The lowest BCUT2D eigenvalue weighted by Crippen LogP contribution is -2.54. The highest BCUT2D eigenvalue weighted by atomic mass is 19.4. The van der Waals surface area contributed by atoms with E-state index in [-0.39, 0.29) is 24.2 Å². The lowest BCUT2D eigenvalue weighted by molar-refractivity contribution is -0.274. The zero-order valence-electron chi connectivity index (χ0n) is 33.5. The molecule has 1 unspecified atom stereocenters. The number of likely N-dealkylation sites (tertiary alicyclic amines) is 1. The Balaban J connectivity index is 0.850. The van der Waals surface area contributed by atoms with Crippen LogP contribution in [0, 0.1) is 5.92 Å². The van der Waals surface area contributed by atoms with E-state index >= 15 is 0 Å². The molecule has 0 radical (unpaired) electrons. The normalized spacial score (nSPS) is 19.9. The molecule has 0 saturated carbocycles. The lowest BCUT2D eigenvalue weighted by atomic mass is 9.95. The second kappa shape index (κ2) is 16.8. The van der Waals surface area contributed by atoms with E-state index in [4.69, 9.17) is 0 Å². The zero-order valence-corrected chi connectivity index (χ0v) is 33.5. The number of hydrogen-bond acceptors (Lipinski definition) is 9. The van der Waals surface area contributed by atoms with Crippen LogP contribution in [0.5, 0.6) is 5.75 Å². The third-order valence-electron chi connectivity index (χ3n) is 12.1. The Morgan fingerprint density at radius 3 is 2.22 bits per heavy atom. The number of aromatic nitrogens is 1. The third kappa shape index (κ3) is 9.02. The molecule has 15 heteroatoms. The van der Waals surface area contributed by atoms with Crippen molar-refractivity contribution < 1.29 is 37.1 Å². The Kier molecular flexibility index (Phi) is 11.5. The Bertz CT molecular complexity index is 2220. The van der Waals surface area contributed by atoms with Gasteiger partial charge in [0.1, 0.15) is 11.8 Å². The first-order valence-corrected chi connectivity index (χ1v) is 20.5. The van der Waals surface area contributed by atoms with Crippen LogP contribution in [0.1, 0.15) is 58.4 Å². The second-order valence-corrected chi connectivity index (χ2v) is 16.5. The summed E-state index contributed by atoms with van der Waals surface area (Å²) in [5.41, 5.74) is 5.60. The van der Waals surface area contributed by atoms with E-state index in [0.717, 1.165) is 117 Å². The number of piperidine rings is 2. The maximum absolute atomic E-state index is 13.4. The van der Waals surface area contributed by atoms with Gasteiger partial charge in [-0.05, 0) is 119 Å². The molecule has 59 heavy (non-hydrogen) atoms. The first kappa shape index (κ1) is 40.5. The zero-order chi connectivity index (χ0) is 41.4. The van der Waals surface area contributed by atoms with Crippen molar-refractivity contribution in [2.24, 2.45) is 5.92 Å². The van der Waals surface area contributed by atoms with Crippen molar-refractivity contribution in [3.05, 3.63) is 83.6 Å². The van der Waals surface area contributed by atoms with Crippen LogP contribution in [0.15, 0.2) is 66.9 Å². The fourth-order valence-electron chi connectivity index (χ4n) is 9.05. The molecule has 4 amide bonds. The van der Waals surface area contributed by atoms with E-state index in [0.29, 0.717) is 11.5 Å². The van der Waals surface area contributed by atoms with Gasteiger partial charge in [-0.1, -0.05) is 18.2 Å². The molecule has 4 aliphatic rings. The number of ether oxygens (including phenoxy) is 1. The average molecular weight is 814 g/mol. The maximum atomic E-state index is 13.4. The predicted molar refractivity (Wildman–Crippen MR) is 217 cm³/mol. The summed E-state index contributed by atoms with van der Waals surface area (Å²) in [4.78, 5) is 61.0. The van der Waals surface area contributed by atoms with E-state index in [1.165, 1.54) is 17.7 Å². The van der Waals surface area contributed by atoms with Gasteiger partial charge in [-0.15, -0.1) is 13.2 Å². The smallest absolute Gasteiger partial charge is 0.406 e. The van der Waals surface area contributed by atoms with Gasteiger partial charge in [-0.3, -0.25) is 39.2 Å². The predicted octanol–water partition coefficient (Wildman–Crippen LogP) is 5.59. The molecule has 3 fully saturated rings. The SMILES string of the molecule is CN(C)CCCn1cc(-c2ccc(OC(F)(F)F)cc2)c2cc(CN3CCC(CN4CCN(c5ccc6c(c5)C(=O)N(C5CCC(=O)NC5=O)C6=O)CC4)CC3)ccc21. The van der Waals surface area contributed by atoms with Gasteiger partial charge in [0.2, 0.25) is 11.8 Å². The van der Waals surface area contributed by atoms with Crippen molar-refractivity contribution >= 4 is 40.2 Å². The molecule has 4 aromatic rings. The largest absolute Gasteiger partial charge is 0.573 e. The first-order chi connectivity index (χ1) is 28.3. The summed E-state index contributed by atoms with van der Waals surface area (Å²) in [7, 11) is 4.11. The summed E-state index contributed by atoms with van der Waals surface area (Å²) >= 11 is 0. The number of nitrogens with zero attached hydrogens (tertiary/aromatic N) is 6. The maximum Gasteiger partial charge on any atom is 0.573 e. The summed E-state index contributed by atoms with van der Waals surface area (Å²) in [5, 5.41) is 3.32. The fourth-order valence-corrected chi connectivity index (χ4v) is 9.05. The number of piperazine rings is 1. The Morgan fingerprint density at radius 2 is 1.53 bits per heavy atom. The minimum absolute atomic E-state index is 0.0849. The molecule has 3 saturated heterocycles. The van der Waals surface area contributed by atoms with Gasteiger partial charge in [0.05, 0.1) is 11.1 Å². The number of anilines is 1. The van der Waals surface area contributed by atoms with Crippen molar-refractivity contribution in [3.8, 4) is 16.9 Å². The number of hydrogen-bond donors (Lipinski definition) is 1. The number of halogens is 3. The number of benzene rings is 3. The molecular formula is C44H50F3N7O5. The molecular weight excluding hydrogens is 764 g/mol. The number of rotatable bonds is 12. The number of alkyl halides is 3. The highest BCUT2D eigenvalue weighted by molar-refractivity contribution is 6.23. The van der Waals surface area contributed by atoms with Crippen molar-refractivity contribution in [1.29, 1.82) is 0 Å². The molecule has 0 bridgehead atoms. The fraction of sp³-hybridized carbons (Fsp3) is 0.455. The van der Waals surface area contributed by atoms with E-state index in [2.05, 4.69) is 72.7 Å². The molecule has 12 nitrogen and oxygen atoms in total. The number of amides is 4. The number of fused-ring (bicyclic) bond motifs is 2. The molecule has 4 aliphatic heterocycles. The van der Waals surface area contributed by atoms with Crippen molar-refractivity contribution in [2.75, 3.05) is 71.4 Å². The van der Waals surface area contributed by atoms with Crippen LogP contribution >= 0.6 is 0 Å². The quantitative estimate of drug-likeness (QED) is 0.183. The van der Waals surface area contributed by atoms with Gasteiger partial charge >= 0.3 is 6.36 Å². The number of carbonyl (C=O) groups is 4. The van der Waals surface area contributed by atoms with Crippen LogP contribution in [0.4, 0.5) is 18.9 Å². The van der Waals surface area contributed by atoms with Crippen molar-refractivity contribution in [2.45, 2.75) is 57.6 Å². The lowest BCUT2D eigenvalue weighted by Gasteiger charge is -2.39. The van der Waals surface area contributed by atoms with Crippen LogP contribution in [0.3, 0.4) is 0 Å². The second-order valence-electron chi connectivity index (χ2n) is 16.5. The van der Waals surface area contributed by atoms with E-state index in [1.54, 1.807) is 24.3 Å². The minimum atomic E-state index is -4.74. The van der Waals surface area contributed by atoms with Gasteiger partial charge in [-0.2, -0.15) is 0 Å². The van der Waals surface area contributed by atoms with Crippen LogP contribution in [-0.4, -0.2) is 127 Å². The third-order valence-corrected chi connectivity index (χ3v) is 12.1. The molecule has 8 rings (SSSR count). The van der Waals surface area contributed by atoms with Crippen molar-refractivity contribution in [1.82, 2.24) is 29.5 Å². The standard InChI is InChI=1S/C44H50F3N7O5/c1-49(2)16-3-17-53-28-37(31-5-8-33(9-6-31)59-44(45,46)47)35-24-30(4-11-38(35)53)27-50-18-14-29(15-19-50)26-51-20-22-52(23-21-51)32-7-10-34-36(25-32)43(58)54(42(34)57)39-12-13-40(55)48-41(39)56/h4-11,24-25,28-29,39H,3,12-23,26-27H2,1-2H3,(H,48,55,56). The summed E-state index contributed by atoms with van der Waals surface area (Å²) < 4.78 is 44.8. The highest BCUT2D eigenvalue weighted by Crippen LogP contribution is 2.35. The molecule has 1 atom stereocenters. The summed E-state index contributed by atoms with van der Waals surface area (Å²) in [6.07, 6.45) is 0.765. The molecule has 0 spiro atoms. The Morgan fingerprint density at radius 1 is 0.797 bits per heavy atom. The van der Waals surface area contributed by atoms with Crippen molar-refractivity contribution in [3.63, 3.8) is 0 Å². The number of imide groups is 2. The molecule has 1 N–H and O–H groups in total. The molecule has 312 valence electrons. The number of carbonyl (C=O) groups excluding carboxylic acids is 4. The molecule has 5 heterocycles. The van der Waals surface area contributed by atoms with Crippen LogP contribution in [-0.2, 0) is 22.7 Å². The van der Waals surface area contributed by atoms with Crippen LogP contribution < -0.4 is 15.0 Å². The average Bonchev–Trinajstić information content (AvgIpc) is 3.68.